The Kier molecular flexibility index (Phi) is 5.23. The Morgan fingerprint density at radius 2 is 2.06 bits per heavy atom. The Bertz CT molecular complexity index is 1180. The number of quaternary nitrogens is 1. The van der Waals surface area contributed by atoms with Crippen LogP contribution in [0.5, 0.6) is 0 Å². The van der Waals surface area contributed by atoms with Crippen LogP contribution in [0, 0.1) is 18.6 Å². The van der Waals surface area contributed by atoms with Gasteiger partial charge in [0.05, 0.1) is 19.3 Å². The van der Waals surface area contributed by atoms with Gasteiger partial charge in [-0.15, -0.1) is 5.53 Å². The number of pyridine rings is 2. The average Bonchev–Trinajstić information content (AvgIpc) is 3.26. The Morgan fingerprint density at radius 3 is 2.91 bits per heavy atom. The van der Waals surface area contributed by atoms with Crippen molar-refractivity contribution < 1.29 is 14.3 Å². The first kappa shape index (κ1) is 20.1. The van der Waals surface area contributed by atoms with Crippen LogP contribution < -0.4 is 21.2 Å². The molecule has 9 nitrogen and oxygen atoms in total. The van der Waals surface area contributed by atoms with Crippen molar-refractivity contribution in [2.24, 2.45) is 0 Å². The Labute approximate surface area is 183 Å². The third-order valence-electron chi connectivity index (χ3n) is 5.41. The molecular formula is C21H22F2N9+. The summed E-state index contributed by atoms with van der Waals surface area (Å²) in [5, 5.41) is 5.03. The van der Waals surface area contributed by atoms with Gasteiger partial charge in [-0.3, -0.25) is 9.97 Å². The molecule has 0 atom stereocenters. The first-order chi connectivity index (χ1) is 15.6. The number of anilines is 2. The van der Waals surface area contributed by atoms with Crippen LogP contribution in [-0.4, -0.2) is 44.6 Å². The van der Waals surface area contributed by atoms with Crippen molar-refractivity contribution in [1.82, 2.24) is 30.4 Å². The van der Waals surface area contributed by atoms with Crippen molar-refractivity contribution >= 4 is 11.6 Å². The van der Waals surface area contributed by atoms with Crippen molar-refractivity contribution in [3.05, 3.63) is 71.7 Å². The number of aryl methyl sites for hydroxylation is 1. The third kappa shape index (κ3) is 3.89. The Morgan fingerprint density at radius 1 is 1.16 bits per heavy atom. The summed E-state index contributed by atoms with van der Waals surface area (Å²) in [7, 11) is 0. The molecule has 1 saturated heterocycles. The predicted octanol–water partition coefficient (Wildman–Crippen LogP) is 1.09. The zero-order chi connectivity index (χ0) is 22.1. The van der Waals surface area contributed by atoms with Crippen LogP contribution in [-0.2, 0) is 6.54 Å². The minimum atomic E-state index is -0.534. The SMILES string of the molecule is Cc1cc(-c2ncc(CNc3ncnc(N4CCN5[NH2+]NC=C5C4)c3F)cc2F)ccn1. The topological polar surface area (TPSA) is 98.7 Å². The molecule has 3 aromatic rings. The molecule has 0 radical (unpaired) electrons. The highest BCUT2D eigenvalue weighted by molar-refractivity contribution is 5.60. The zero-order valence-corrected chi connectivity index (χ0v) is 17.4. The monoisotopic (exact) mass is 438 g/mol. The van der Waals surface area contributed by atoms with Crippen LogP contribution in [0.25, 0.3) is 11.3 Å². The van der Waals surface area contributed by atoms with Crippen LogP contribution in [0.4, 0.5) is 20.4 Å². The van der Waals surface area contributed by atoms with Crippen LogP contribution >= 0.6 is 0 Å². The van der Waals surface area contributed by atoms with Crippen molar-refractivity contribution in [1.29, 1.82) is 0 Å². The number of fused-ring (bicyclic) bond motifs is 1. The van der Waals surface area contributed by atoms with E-state index in [1.54, 1.807) is 24.5 Å². The number of hydrogen-bond donors (Lipinski definition) is 3. The molecule has 32 heavy (non-hydrogen) atoms. The number of nitrogens with one attached hydrogen (secondary N) is 2. The minimum Gasteiger partial charge on any atom is -0.363 e. The number of nitrogens with two attached hydrogens (primary N) is 1. The van der Waals surface area contributed by atoms with Gasteiger partial charge in [-0.2, -0.15) is 4.39 Å². The van der Waals surface area contributed by atoms with Gasteiger partial charge in [-0.1, -0.05) is 0 Å². The van der Waals surface area contributed by atoms with Gasteiger partial charge in [0.2, 0.25) is 5.82 Å². The van der Waals surface area contributed by atoms with E-state index in [4.69, 9.17) is 0 Å². The summed E-state index contributed by atoms with van der Waals surface area (Å²) >= 11 is 0. The Hall–Kier alpha value is -3.86. The fourth-order valence-corrected chi connectivity index (χ4v) is 3.79. The van der Waals surface area contributed by atoms with Gasteiger partial charge in [-0.05, 0) is 30.7 Å². The maximum atomic E-state index is 15.1. The number of hydrogen-bond acceptors (Lipinski definition) is 8. The third-order valence-corrected chi connectivity index (χ3v) is 5.41. The molecule has 0 unspecified atom stereocenters. The van der Waals surface area contributed by atoms with Crippen LogP contribution in [0.15, 0.2) is 48.8 Å². The summed E-state index contributed by atoms with van der Waals surface area (Å²) in [6, 6.07) is 4.88. The van der Waals surface area contributed by atoms with E-state index in [0.717, 1.165) is 17.9 Å². The summed E-state index contributed by atoms with van der Waals surface area (Å²) in [6.45, 7) is 3.92. The number of aromatic nitrogens is 4. The summed E-state index contributed by atoms with van der Waals surface area (Å²) in [5.41, 5.74) is 8.26. The molecule has 5 heterocycles. The smallest absolute Gasteiger partial charge is 0.207 e. The maximum absolute atomic E-state index is 15.1. The molecule has 0 bridgehead atoms. The zero-order valence-electron chi connectivity index (χ0n) is 17.4. The summed E-state index contributed by atoms with van der Waals surface area (Å²) in [4.78, 5) is 18.4. The molecular weight excluding hydrogens is 416 g/mol. The van der Waals surface area contributed by atoms with Gasteiger partial charge in [0.15, 0.2) is 11.6 Å². The highest BCUT2D eigenvalue weighted by Gasteiger charge is 2.29. The highest BCUT2D eigenvalue weighted by Crippen LogP contribution is 2.25. The molecule has 0 aliphatic carbocycles. The molecule has 0 aromatic carbocycles. The molecule has 0 saturated carbocycles. The van der Waals surface area contributed by atoms with E-state index in [2.05, 4.69) is 35.7 Å². The van der Waals surface area contributed by atoms with E-state index in [1.807, 2.05) is 23.6 Å². The molecule has 5 rings (SSSR count). The molecule has 2 aliphatic heterocycles. The van der Waals surface area contributed by atoms with Crippen molar-refractivity contribution in [2.45, 2.75) is 13.5 Å². The molecule has 1 fully saturated rings. The number of nitrogens with zero attached hydrogens (tertiary/aromatic N) is 6. The molecule has 2 aliphatic rings. The summed E-state index contributed by atoms with van der Waals surface area (Å²) in [6.07, 6.45) is 6.40. The second-order valence-corrected chi connectivity index (χ2v) is 7.62. The average molecular weight is 438 g/mol. The standard InChI is InChI=1S/C21H21F2N9/c1-13-6-15(2-3-24-13)19-17(22)7-14(8-25-19)9-26-20-18(23)21(28-12-27-20)31-4-5-32-16(11-31)10-29-30-32/h2-3,6-8,10,12,29-30H,4-5,9,11H2,1H3,(H,26,27,28)/p+1. The minimum absolute atomic E-state index is 0.0664. The lowest BCUT2D eigenvalue weighted by Gasteiger charge is -2.32. The fraction of sp³-hybridized carbons (Fsp3) is 0.238. The number of rotatable bonds is 5. The molecule has 11 heteroatoms. The first-order valence-corrected chi connectivity index (χ1v) is 10.2. The molecule has 3 aromatic heterocycles. The lowest BCUT2D eigenvalue weighted by Crippen LogP contribution is -2.97. The van der Waals surface area contributed by atoms with Gasteiger partial charge in [-0.25, -0.2) is 24.8 Å². The second-order valence-electron chi connectivity index (χ2n) is 7.62. The van der Waals surface area contributed by atoms with Crippen LogP contribution in [0.1, 0.15) is 11.3 Å². The lowest BCUT2D eigenvalue weighted by molar-refractivity contribution is -0.824. The second kappa shape index (κ2) is 8.35. The summed E-state index contributed by atoms with van der Waals surface area (Å²) in [5.74, 6) is -0.680. The van der Waals surface area contributed by atoms with E-state index in [9.17, 15) is 4.39 Å². The Balaban J connectivity index is 1.30. The van der Waals surface area contributed by atoms with Crippen molar-refractivity contribution in [2.75, 3.05) is 29.9 Å². The quantitative estimate of drug-likeness (QED) is 0.510. The summed E-state index contributed by atoms with van der Waals surface area (Å²) < 4.78 is 29.8. The highest BCUT2D eigenvalue weighted by atomic mass is 19.1. The van der Waals surface area contributed by atoms with E-state index in [-0.39, 0.29) is 23.9 Å². The normalized spacial score (nSPS) is 15.3. The van der Waals surface area contributed by atoms with Crippen molar-refractivity contribution in [3.63, 3.8) is 0 Å². The van der Waals surface area contributed by atoms with Crippen LogP contribution in [0.3, 0.4) is 0 Å². The van der Waals surface area contributed by atoms with Gasteiger partial charge in [0, 0.05) is 36.7 Å². The van der Waals surface area contributed by atoms with E-state index in [0.29, 0.717) is 24.2 Å². The number of halogens is 2. The van der Waals surface area contributed by atoms with Crippen LogP contribution in [0.2, 0.25) is 0 Å². The van der Waals surface area contributed by atoms with Crippen molar-refractivity contribution in [3.8, 4) is 11.3 Å². The predicted molar refractivity (Wildman–Crippen MR) is 114 cm³/mol. The van der Waals surface area contributed by atoms with E-state index >= 15 is 4.39 Å². The lowest BCUT2D eigenvalue weighted by atomic mass is 10.1. The fourth-order valence-electron chi connectivity index (χ4n) is 3.79. The number of piperazine rings is 1. The molecule has 164 valence electrons. The van der Waals surface area contributed by atoms with E-state index in [1.165, 1.54) is 12.4 Å². The first-order valence-electron chi connectivity index (χ1n) is 10.2. The molecule has 0 amide bonds. The van der Waals surface area contributed by atoms with Gasteiger partial charge >= 0.3 is 0 Å². The van der Waals surface area contributed by atoms with Gasteiger partial charge < -0.3 is 10.2 Å². The molecule has 0 spiro atoms. The largest absolute Gasteiger partial charge is 0.363 e. The van der Waals surface area contributed by atoms with E-state index < -0.39 is 11.6 Å². The maximum Gasteiger partial charge on any atom is 0.207 e. The van der Waals surface area contributed by atoms with Gasteiger partial charge in [0.25, 0.3) is 0 Å². The van der Waals surface area contributed by atoms with Gasteiger partial charge in [0.1, 0.15) is 23.5 Å². The molecule has 4 N–H and O–H groups in total.